The summed E-state index contributed by atoms with van der Waals surface area (Å²) >= 11 is 0. The first kappa shape index (κ1) is 25.6. The molecule has 0 spiro atoms. The van der Waals surface area contributed by atoms with Gasteiger partial charge in [0.25, 0.3) is 0 Å². The molecule has 4 aromatic carbocycles. The van der Waals surface area contributed by atoms with Crippen LogP contribution in [0.4, 0.5) is 17.2 Å². The van der Waals surface area contributed by atoms with Gasteiger partial charge in [-0.2, -0.15) is 0 Å². The van der Waals surface area contributed by atoms with E-state index < -0.39 is 0 Å². The van der Waals surface area contributed by atoms with Crippen molar-refractivity contribution in [2.45, 2.75) is 0 Å². The number of furan rings is 1. The van der Waals surface area contributed by atoms with Gasteiger partial charge >= 0.3 is 21.1 Å². The Morgan fingerprint density at radius 1 is 0.825 bits per heavy atom. The molecule has 0 N–H and O–H groups in total. The van der Waals surface area contributed by atoms with Crippen LogP contribution in [0.5, 0.6) is 11.5 Å². The Morgan fingerprint density at radius 2 is 1.65 bits per heavy atom. The zero-order valence-electron chi connectivity index (χ0n) is 21.4. The van der Waals surface area contributed by atoms with E-state index in [1.165, 1.54) is 0 Å². The molecule has 7 aromatic rings. The van der Waals surface area contributed by atoms with E-state index in [0.717, 1.165) is 44.8 Å². The van der Waals surface area contributed by atoms with Crippen LogP contribution in [0.25, 0.3) is 33.2 Å². The van der Waals surface area contributed by atoms with Crippen molar-refractivity contribution in [3.05, 3.63) is 128 Å². The van der Waals surface area contributed by atoms with Crippen LogP contribution in [0, 0.1) is 12.1 Å². The van der Waals surface area contributed by atoms with Gasteiger partial charge in [-0.05, 0) is 41.1 Å². The minimum Gasteiger partial charge on any atom is -0.502 e. The number of hydrogen-bond acceptors (Lipinski definition) is 5. The molecule has 0 aliphatic carbocycles. The van der Waals surface area contributed by atoms with Crippen molar-refractivity contribution >= 4 is 39.1 Å². The normalized spacial score (nSPS) is 10.9. The fourth-order valence-corrected chi connectivity index (χ4v) is 4.72. The van der Waals surface area contributed by atoms with Gasteiger partial charge in [0.05, 0.1) is 0 Å². The molecule has 0 atom stereocenters. The molecule has 0 unspecified atom stereocenters. The maximum Gasteiger partial charge on any atom is 2.00 e. The molecule has 3 heterocycles. The molecular weight excluding hydrogens is 679 g/mol. The first-order valence-electron chi connectivity index (χ1n) is 12.6. The number of fused-ring (bicyclic) bond motifs is 3. The smallest absolute Gasteiger partial charge is 0.502 e. The first-order chi connectivity index (χ1) is 19.2. The third-order valence-electron chi connectivity index (χ3n) is 6.46. The van der Waals surface area contributed by atoms with E-state index >= 15 is 0 Å². The minimum atomic E-state index is 0. The number of pyridine rings is 1. The average molecular weight is 702 g/mol. The van der Waals surface area contributed by atoms with E-state index in [4.69, 9.17) is 9.15 Å². The molecule has 7 heteroatoms. The summed E-state index contributed by atoms with van der Waals surface area (Å²) in [4.78, 5) is 6.67. The van der Waals surface area contributed by atoms with Gasteiger partial charge in [0.2, 0.25) is 0 Å². The predicted molar refractivity (Wildman–Crippen MR) is 153 cm³/mol. The van der Waals surface area contributed by atoms with Crippen molar-refractivity contribution < 1.29 is 30.2 Å². The Morgan fingerprint density at radius 3 is 2.45 bits per heavy atom. The average Bonchev–Trinajstić information content (AvgIpc) is 3.58. The van der Waals surface area contributed by atoms with Crippen molar-refractivity contribution in [1.29, 1.82) is 0 Å². The number of nitrogens with zero attached hydrogens (tertiary/aromatic N) is 4. The number of aryl methyl sites for hydroxylation is 1. The Bertz CT molecular complexity index is 1880. The molecule has 0 amide bonds. The fourth-order valence-electron chi connectivity index (χ4n) is 4.72. The second-order valence-corrected chi connectivity index (χ2v) is 9.09. The summed E-state index contributed by atoms with van der Waals surface area (Å²) in [5.41, 5.74) is 4.82. The standard InChI is InChI=1S/C33H22N4O2.Pt/c1-36-19-17-28(35-36)23-10-9-13-26(20-23)38-30-21-25(22-31-33(30)27-14-5-6-15-29(27)39-31)37(24-11-3-2-4-12-24)32-16-7-8-18-34-32;/h2-19,22H,1H3;/q-2;+2. The second-order valence-electron chi connectivity index (χ2n) is 9.09. The van der Waals surface area contributed by atoms with Crippen molar-refractivity contribution in [2.24, 2.45) is 7.05 Å². The molecule has 3 aromatic heterocycles. The van der Waals surface area contributed by atoms with Gasteiger partial charge in [0.15, 0.2) is 0 Å². The van der Waals surface area contributed by atoms with Crippen molar-refractivity contribution in [3.63, 3.8) is 0 Å². The molecule has 0 aliphatic heterocycles. The summed E-state index contributed by atoms with van der Waals surface area (Å²) in [6.07, 6.45) is 3.69. The van der Waals surface area contributed by atoms with E-state index in [2.05, 4.69) is 22.2 Å². The molecule has 0 aliphatic rings. The van der Waals surface area contributed by atoms with Gasteiger partial charge in [-0.1, -0.05) is 60.3 Å². The van der Waals surface area contributed by atoms with E-state index in [-0.39, 0.29) is 21.1 Å². The number of rotatable bonds is 6. The van der Waals surface area contributed by atoms with Crippen LogP contribution in [0.1, 0.15) is 0 Å². The summed E-state index contributed by atoms with van der Waals surface area (Å²) in [7, 11) is 1.89. The zero-order valence-corrected chi connectivity index (χ0v) is 23.7. The third kappa shape index (κ3) is 4.78. The number of benzene rings is 4. The van der Waals surface area contributed by atoms with Crippen molar-refractivity contribution in [1.82, 2.24) is 14.8 Å². The molecule has 7 rings (SSSR count). The molecule has 0 fully saturated rings. The Balaban J connectivity index is 0.00000289. The van der Waals surface area contributed by atoms with Crippen LogP contribution in [-0.2, 0) is 28.1 Å². The van der Waals surface area contributed by atoms with Crippen LogP contribution in [0.15, 0.2) is 120 Å². The topological polar surface area (TPSA) is 56.3 Å². The van der Waals surface area contributed by atoms with E-state index in [1.54, 1.807) is 10.9 Å². The maximum absolute atomic E-state index is 6.54. The van der Waals surface area contributed by atoms with Gasteiger partial charge in [-0.25, -0.2) is 10.1 Å². The third-order valence-corrected chi connectivity index (χ3v) is 6.46. The number of para-hydroxylation sites is 2. The van der Waals surface area contributed by atoms with Crippen LogP contribution < -0.4 is 9.64 Å². The van der Waals surface area contributed by atoms with Crippen molar-refractivity contribution in [2.75, 3.05) is 4.90 Å². The van der Waals surface area contributed by atoms with Gasteiger partial charge in [0.1, 0.15) is 11.4 Å². The monoisotopic (exact) mass is 701 g/mol. The quantitative estimate of drug-likeness (QED) is 0.164. The summed E-state index contributed by atoms with van der Waals surface area (Å²) in [6, 6.07) is 40.5. The molecule has 0 bridgehead atoms. The molecule has 0 radical (unpaired) electrons. The number of ether oxygens (including phenoxy) is 1. The Kier molecular flexibility index (Phi) is 6.93. The zero-order chi connectivity index (χ0) is 26.2. The van der Waals surface area contributed by atoms with E-state index in [0.29, 0.717) is 17.1 Å². The molecule has 0 saturated carbocycles. The summed E-state index contributed by atoms with van der Waals surface area (Å²) in [5.74, 6) is 1.85. The largest absolute Gasteiger partial charge is 2.00 e. The van der Waals surface area contributed by atoms with Gasteiger partial charge in [0, 0.05) is 47.9 Å². The van der Waals surface area contributed by atoms with Crippen LogP contribution in [-0.4, -0.2) is 14.8 Å². The maximum atomic E-state index is 6.54. The number of aromatic nitrogens is 3. The summed E-state index contributed by atoms with van der Waals surface area (Å²) in [6.45, 7) is 0. The minimum absolute atomic E-state index is 0. The molecule has 196 valence electrons. The summed E-state index contributed by atoms with van der Waals surface area (Å²) < 4.78 is 14.6. The predicted octanol–water partition coefficient (Wildman–Crippen LogP) is 8.24. The van der Waals surface area contributed by atoms with E-state index in [1.807, 2.05) is 121 Å². The van der Waals surface area contributed by atoms with Crippen LogP contribution >= 0.6 is 0 Å². The number of anilines is 3. The molecule has 6 nitrogen and oxygen atoms in total. The summed E-state index contributed by atoms with van der Waals surface area (Å²) in [5, 5.41) is 6.31. The Hall–Kier alpha value is -4.67. The molecular formula is C33H22N4O2Pt. The first-order valence-corrected chi connectivity index (χ1v) is 12.6. The van der Waals surface area contributed by atoms with Crippen LogP contribution in [0.3, 0.4) is 0 Å². The van der Waals surface area contributed by atoms with Crippen LogP contribution in [0.2, 0.25) is 0 Å². The Labute approximate surface area is 245 Å². The van der Waals surface area contributed by atoms with Gasteiger partial charge in [-0.3, -0.25) is 4.68 Å². The SMILES string of the molecule is Cn1ccc(-c2[c-]c(Oc3[c-]c(N(c4ccccc4)c4ccccn4)cc4oc5ccccc5c34)ccc2)n1.[Pt+2]. The van der Waals surface area contributed by atoms with Crippen molar-refractivity contribution in [3.8, 4) is 22.8 Å². The van der Waals surface area contributed by atoms with Gasteiger partial charge in [-0.15, -0.1) is 35.9 Å². The second kappa shape index (κ2) is 10.8. The van der Waals surface area contributed by atoms with Gasteiger partial charge < -0.3 is 14.1 Å². The van der Waals surface area contributed by atoms with E-state index in [9.17, 15) is 0 Å². The molecule has 40 heavy (non-hydrogen) atoms. The number of hydrogen-bond donors (Lipinski definition) is 0. The fraction of sp³-hybridized carbons (Fsp3) is 0.0303. The molecule has 0 saturated heterocycles.